The van der Waals surface area contributed by atoms with Crippen molar-refractivity contribution in [1.82, 2.24) is 10.2 Å². The molecule has 0 aromatic heterocycles. The molecule has 0 heterocycles. The van der Waals surface area contributed by atoms with Crippen LogP contribution in [0.15, 0.2) is 54.6 Å². The van der Waals surface area contributed by atoms with Crippen LogP contribution in [0.3, 0.4) is 0 Å². The number of nitrogens with one attached hydrogen (secondary N) is 1. The average Bonchev–Trinajstić information content (AvgIpc) is 2.68. The molecule has 162 valence electrons. The van der Waals surface area contributed by atoms with E-state index < -0.39 is 6.04 Å². The van der Waals surface area contributed by atoms with Crippen LogP contribution in [0.4, 0.5) is 0 Å². The van der Waals surface area contributed by atoms with E-state index in [0.29, 0.717) is 13.0 Å². The minimum absolute atomic E-state index is 0.00799. The maximum Gasteiger partial charge on any atom is 0.242 e. The van der Waals surface area contributed by atoms with Crippen molar-refractivity contribution in [3.8, 4) is 0 Å². The van der Waals surface area contributed by atoms with Gasteiger partial charge in [-0.25, -0.2) is 0 Å². The van der Waals surface area contributed by atoms with E-state index in [0.717, 1.165) is 22.6 Å². The predicted molar refractivity (Wildman–Crippen MR) is 126 cm³/mol. The second kappa shape index (κ2) is 11.2. The molecule has 0 spiro atoms. The normalized spacial score (nSPS) is 12.3. The van der Waals surface area contributed by atoms with Crippen LogP contribution >= 0.6 is 11.8 Å². The smallest absolute Gasteiger partial charge is 0.242 e. The Morgan fingerprint density at radius 1 is 1.03 bits per heavy atom. The minimum Gasteiger partial charge on any atom is -0.350 e. The highest BCUT2D eigenvalue weighted by Gasteiger charge is 2.28. The number of carbonyl (C=O) groups excluding carboxylic acids is 2. The van der Waals surface area contributed by atoms with Crippen LogP contribution in [0, 0.1) is 6.92 Å². The third-order valence-corrected chi connectivity index (χ3v) is 5.70. The third kappa shape index (κ3) is 8.23. The van der Waals surface area contributed by atoms with Crippen LogP contribution in [0.2, 0.25) is 0 Å². The van der Waals surface area contributed by atoms with E-state index in [1.807, 2.05) is 71.0 Å². The molecule has 30 heavy (non-hydrogen) atoms. The topological polar surface area (TPSA) is 49.4 Å². The highest BCUT2D eigenvalue weighted by Crippen LogP contribution is 2.17. The average molecular weight is 427 g/mol. The maximum atomic E-state index is 13.1. The molecule has 2 aromatic carbocycles. The largest absolute Gasteiger partial charge is 0.350 e. The summed E-state index contributed by atoms with van der Waals surface area (Å²) in [5, 5.41) is 3.00. The Kier molecular flexibility index (Phi) is 8.97. The molecule has 0 saturated carbocycles. The molecule has 0 fully saturated rings. The molecule has 0 radical (unpaired) electrons. The van der Waals surface area contributed by atoms with Crippen molar-refractivity contribution < 1.29 is 9.59 Å². The van der Waals surface area contributed by atoms with Gasteiger partial charge in [0, 0.05) is 30.0 Å². The molecule has 2 amide bonds. The van der Waals surface area contributed by atoms with Gasteiger partial charge in [0.1, 0.15) is 6.04 Å². The highest BCUT2D eigenvalue weighted by molar-refractivity contribution is 7.98. The number of aryl methyl sites for hydroxylation is 1. The van der Waals surface area contributed by atoms with Crippen LogP contribution in [0.5, 0.6) is 0 Å². The van der Waals surface area contributed by atoms with Gasteiger partial charge in [0.25, 0.3) is 0 Å². The van der Waals surface area contributed by atoms with Gasteiger partial charge in [0.2, 0.25) is 11.8 Å². The molecular formula is C25H34N2O2S. The SMILES string of the molecule is Cc1cccc(CN(C(=O)CCSCc2ccccc2)C(C)C(=O)NC(C)(C)C)c1. The molecule has 2 rings (SSSR count). The zero-order chi connectivity index (χ0) is 22.1. The minimum atomic E-state index is -0.531. The van der Waals surface area contributed by atoms with E-state index in [1.54, 1.807) is 16.7 Å². The lowest BCUT2D eigenvalue weighted by Crippen LogP contribution is -2.52. The number of carbonyl (C=O) groups is 2. The molecule has 5 heteroatoms. The van der Waals surface area contributed by atoms with Crippen molar-refractivity contribution in [1.29, 1.82) is 0 Å². The van der Waals surface area contributed by atoms with Crippen LogP contribution < -0.4 is 5.32 Å². The fourth-order valence-corrected chi connectivity index (χ4v) is 4.02. The van der Waals surface area contributed by atoms with Gasteiger partial charge < -0.3 is 10.2 Å². The molecule has 2 aromatic rings. The summed E-state index contributed by atoms with van der Waals surface area (Å²) in [6, 6.07) is 17.8. The van der Waals surface area contributed by atoms with Gasteiger partial charge in [-0.15, -0.1) is 0 Å². The molecule has 1 N–H and O–H groups in total. The molecule has 4 nitrogen and oxygen atoms in total. The van der Waals surface area contributed by atoms with Gasteiger partial charge in [0.15, 0.2) is 0 Å². The lowest BCUT2D eigenvalue weighted by Gasteiger charge is -2.31. The standard InChI is InChI=1S/C25H34N2O2S/c1-19-10-9-13-22(16-19)17-27(20(2)24(29)26-25(3,4)5)23(28)14-15-30-18-21-11-7-6-8-12-21/h6-13,16,20H,14-15,17-18H2,1-5H3,(H,26,29). The summed E-state index contributed by atoms with van der Waals surface area (Å²) < 4.78 is 0. The predicted octanol–water partition coefficient (Wildman–Crippen LogP) is 4.95. The Morgan fingerprint density at radius 2 is 1.70 bits per heavy atom. The van der Waals surface area contributed by atoms with Crippen molar-refractivity contribution in [3.05, 3.63) is 71.3 Å². The van der Waals surface area contributed by atoms with Gasteiger partial charge in [-0.05, 0) is 45.7 Å². The van der Waals surface area contributed by atoms with Crippen molar-refractivity contribution in [3.63, 3.8) is 0 Å². The number of rotatable bonds is 9. The van der Waals surface area contributed by atoms with Crippen LogP contribution in [-0.4, -0.2) is 34.0 Å². The zero-order valence-electron chi connectivity index (χ0n) is 18.8. The first kappa shape index (κ1) is 24.0. The van der Waals surface area contributed by atoms with E-state index in [9.17, 15) is 9.59 Å². The van der Waals surface area contributed by atoms with E-state index in [2.05, 4.69) is 23.5 Å². The Bertz CT molecular complexity index is 831. The van der Waals surface area contributed by atoms with Crippen LogP contribution in [-0.2, 0) is 21.9 Å². The third-order valence-electron chi connectivity index (χ3n) is 4.67. The van der Waals surface area contributed by atoms with Crippen molar-refractivity contribution in [2.45, 2.75) is 64.9 Å². The number of hydrogen-bond acceptors (Lipinski definition) is 3. The Morgan fingerprint density at radius 3 is 2.33 bits per heavy atom. The summed E-state index contributed by atoms with van der Waals surface area (Å²) in [4.78, 5) is 27.6. The summed E-state index contributed by atoms with van der Waals surface area (Å²) in [6.07, 6.45) is 0.413. The van der Waals surface area contributed by atoms with Gasteiger partial charge in [-0.1, -0.05) is 60.2 Å². The van der Waals surface area contributed by atoms with E-state index in [-0.39, 0.29) is 17.4 Å². The van der Waals surface area contributed by atoms with E-state index in [1.165, 1.54) is 5.56 Å². The van der Waals surface area contributed by atoms with E-state index >= 15 is 0 Å². The first-order chi connectivity index (χ1) is 14.2. The van der Waals surface area contributed by atoms with Crippen molar-refractivity contribution in [2.24, 2.45) is 0 Å². The van der Waals surface area contributed by atoms with Gasteiger partial charge in [-0.2, -0.15) is 11.8 Å². The second-order valence-corrected chi connectivity index (χ2v) is 9.82. The number of amides is 2. The molecule has 0 bridgehead atoms. The summed E-state index contributed by atoms with van der Waals surface area (Å²) in [6.45, 7) is 10.1. The number of nitrogens with zero attached hydrogens (tertiary/aromatic N) is 1. The van der Waals surface area contributed by atoms with Gasteiger partial charge in [0.05, 0.1) is 0 Å². The van der Waals surface area contributed by atoms with Crippen molar-refractivity contribution in [2.75, 3.05) is 5.75 Å². The monoisotopic (exact) mass is 426 g/mol. The zero-order valence-corrected chi connectivity index (χ0v) is 19.6. The first-order valence-corrected chi connectivity index (χ1v) is 11.6. The highest BCUT2D eigenvalue weighted by atomic mass is 32.2. The van der Waals surface area contributed by atoms with Gasteiger partial charge in [-0.3, -0.25) is 9.59 Å². The summed E-state index contributed by atoms with van der Waals surface area (Å²) in [5.74, 6) is 1.49. The second-order valence-electron chi connectivity index (χ2n) is 8.71. The summed E-state index contributed by atoms with van der Waals surface area (Å²) >= 11 is 1.74. The molecule has 0 aliphatic carbocycles. The van der Waals surface area contributed by atoms with Gasteiger partial charge >= 0.3 is 0 Å². The molecule has 0 aliphatic rings. The molecule has 0 aliphatic heterocycles. The Labute approximate surface area is 185 Å². The van der Waals surface area contributed by atoms with Crippen LogP contribution in [0.1, 0.15) is 50.8 Å². The molecule has 1 atom stereocenters. The summed E-state index contributed by atoms with van der Waals surface area (Å²) in [5.41, 5.74) is 3.10. The van der Waals surface area contributed by atoms with Crippen LogP contribution in [0.25, 0.3) is 0 Å². The number of benzene rings is 2. The van der Waals surface area contributed by atoms with E-state index in [4.69, 9.17) is 0 Å². The molecule has 1 unspecified atom stereocenters. The first-order valence-electron chi connectivity index (χ1n) is 10.4. The molecular weight excluding hydrogens is 392 g/mol. The number of hydrogen-bond donors (Lipinski definition) is 1. The quantitative estimate of drug-likeness (QED) is 0.577. The van der Waals surface area contributed by atoms with Crippen molar-refractivity contribution >= 4 is 23.6 Å². The fraction of sp³-hybridized carbons (Fsp3) is 0.440. The fourth-order valence-electron chi connectivity index (χ4n) is 3.13. The molecule has 0 saturated heterocycles. The Balaban J connectivity index is 2.03. The summed E-state index contributed by atoms with van der Waals surface area (Å²) in [7, 11) is 0. The lowest BCUT2D eigenvalue weighted by molar-refractivity contribution is -0.140. The lowest BCUT2D eigenvalue weighted by atomic mass is 10.1. The number of thioether (sulfide) groups is 1. The Hall–Kier alpha value is -2.27. The maximum absolute atomic E-state index is 13.1.